The summed E-state index contributed by atoms with van der Waals surface area (Å²) in [7, 11) is 1.37. The number of amides is 1. The second-order valence-electron chi connectivity index (χ2n) is 7.79. The van der Waals surface area contributed by atoms with E-state index in [4.69, 9.17) is 23.7 Å². The summed E-state index contributed by atoms with van der Waals surface area (Å²) >= 11 is 0. The largest absolute Gasteiger partial charge is 0.454 e. The van der Waals surface area contributed by atoms with Gasteiger partial charge in [-0.3, -0.25) is 0 Å². The lowest BCUT2D eigenvalue weighted by Crippen LogP contribution is -2.50. The van der Waals surface area contributed by atoms with Crippen molar-refractivity contribution in [3.63, 3.8) is 0 Å². The van der Waals surface area contributed by atoms with Crippen LogP contribution < -0.4 is 14.8 Å². The molecule has 150 valence electrons. The summed E-state index contributed by atoms with van der Waals surface area (Å²) in [5, 5.41) is 2.97. The Balaban J connectivity index is 1.46. The summed E-state index contributed by atoms with van der Waals surface area (Å²) in [6.07, 6.45) is 7.32. The molecule has 1 spiro atoms. The zero-order valence-electron chi connectivity index (χ0n) is 15.9. The fraction of sp³-hybridized carbons (Fsp3) is 0.571. The van der Waals surface area contributed by atoms with Crippen LogP contribution in [0.15, 0.2) is 24.3 Å². The van der Waals surface area contributed by atoms with Crippen LogP contribution in [-0.2, 0) is 14.2 Å². The third kappa shape index (κ3) is 3.02. The highest BCUT2D eigenvalue weighted by molar-refractivity contribution is 5.78. The minimum absolute atomic E-state index is 0.0713. The summed E-state index contributed by atoms with van der Waals surface area (Å²) in [5.74, 6) is 0.934. The van der Waals surface area contributed by atoms with Gasteiger partial charge in [-0.1, -0.05) is 18.6 Å². The Kier molecular flexibility index (Phi) is 4.44. The van der Waals surface area contributed by atoms with Crippen molar-refractivity contribution in [1.29, 1.82) is 0 Å². The van der Waals surface area contributed by atoms with Gasteiger partial charge in [0.2, 0.25) is 6.79 Å². The van der Waals surface area contributed by atoms with Gasteiger partial charge >= 0.3 is 6.09 Å². The van der Waals surface area contributed by atoms with Crippen molar-refractivity contribution < 1.29 is 28.5 Å². The number of benzene rings is 1. The molecule has 0 aromatic heterocycles. The maximum Gasteiger partial charge on any atom is 0.407 e. The molecule has 0 unspecified atom stereocenters. The van der Waals surface area contributed by atoms with Crippen LogP contribution in [0.5, 0.6) is 11.5 Å². The van der Waals surface area contributed by atoms with Gasteiger partial charge in [-0.15, -0.1) is 0 Å². The van der Waals surface area contributed by atoms with E-state index in [9.17, 15) is 4.79 Å². The highest BCUT2D eigenvalue weighted by Crippen LogP contribution is 2.46. The molecule has 5 rings (SSSR count). The molecule has 2 heterocycles. The Labute approximate surface area is 163 Å². The first-order valence-corrected chi connectivity index (χ1v) is 9.98. The number of alkyl carbamates (subject to hydrolysis) is 1. The first kappa shape index (κ1) is 17.8. The first-order valence-electron chi connectivity index (χ1n) is 9.98. The smallest absolute Gasteiger partial charge is 0.407 e. The molecule has 28 heavy (non-hydrogen) atoms. The molecule has 2 fully saturated rings. The predicted molar refractivity (Wildman–Crippen MR) is 100 cm³/mol. The Morgan fingerprint density at radius 1 is 1.14 bits per heavy atom. The molecule has 2 aliphatic heterocycles. The maximum atomic E-state index is 12.1. The third-order valence-corrected chi connectivity index (χ3v) is 6.10. The van der Waals surface area contributed by atoms with Crippen molar-refractivity contribution in [2.45, 2.75) is 62.6 Å². The van der Waals surface area contributed by atoms with Gasteiger partial charge in [0, 0.05) is 12.8 Å². The van der Waals surface area contributed by atoms with Crippen LogP contribution in [-0.4, -0.2) is 44.0 Å². The van der Waals surface area contributed by atoms with Crippen LogP contribution in [0.3, 0.4) is 0 Å². The Bertz CT molecular complexity index is 800. The summed E-state index contributed by atoms with van der Waals surface area (Å²) in [6, 6.07) is 5.48. The van der Waals surface area contributed by atoms with Crippen molar-refractivity contribution in [1.82, 2.24) is 5.32 Å². The Morgan fingerprint density at radius 2 is 1.96 bits per heavy atom. The molecule has 1 saturated heterocycles. The highest BCUT2D eigenvalue weighted by atomic mass is 16.8. The van der Waals surface area contributed by atoms with Crippen molar-refractivity contribution in [3.8, 4) is 11.5 Å². The molecule has 1 aromatic rings. The summed E-state index contributed by atoms with van der Waals surface area (Å²) in [6.45, 7) is 0.228. The second kappa shape index (κ2) is 6.97. The standard InChI is InChI=1S/C21H25NO6/c1-24-20(23)22-18-14(13-5-7-15-17(11-13)26-12-25-15)6-8-16-19(18)28-21(27-16)9-3-2-4-10-21/h5-7,11,16,18-19H,2-4,8-10,12H2,1H3,(H,22,23)/t16-,18-,19-/m1/s1. The zero-order chi connectivity index (χ0) is 19.1. The molecule has 1 aromatic carbocycles. The number of methoxy groups -OCH3 is 1. The lowest BCUT2D eigenvalue weighted by Gasteiger charge is -2.34. The lowest BCUT2D eigenvalue weighted by molar-refractivity contribution is -0.194. The normalized spacial score (nSPS) is 29.9. The molecule has 2 aliphatic carbocycles. The van der Waals surface area contributed by atoms with Gasteiger partial charge in [0.05, 0.1) is 19.3 Å². The number of ether oxygens (including phenoxy) is 5. The topological polar surface area (TPSA) is 75.3 Å². The summed E-state index contributed by atoms with van der Waals surface area (Å²) in [4.78, 5) is 12.1. The monoisotopic (exact) mass is 387 g/mol. The first-order chi connectivity index (χ1) is 13.7. The second-order valence-corrected chi connectivity index (χ2v) is 7.79. The van der Waals surface area contributed by atoms with Gasteiger partial charge in [0.15, 0.2) is 17.3 Å². The van der Waals surface area contributed by atoms with Crippen LogP contribution in [0.4, 0.5) is 4.79 Å². The highest BCUT2D eigenvalue weighted by Gasteiger charge is 2.52. The predicted octanol–water partition coefficient (Wildman–Crippen LogP) is 3.37. The van der Waals surface area contributed by atoms with Crippen molar-refractivity contribution in [3.05, 3.63) is 29.8 Å². The van der Waals surface area contributed by atoms with Gasteiger partial charge < -0.3 is 29.0 Å². The van der Waals surface area contributed by atoms with E-state index >= 15 is 0 Å². The molecule has 7 nitrogen and oxygen atoms in total. The average molecular weight is 387 g/mol. The van der Waals surface area contributed by atoms with E-state index < -0.39 is 11.9 Å². The molecule has 0 radical (unpaired) electrons. The van der Waals surface area contributed by atoms with Crippen molar-refractivity contribution >= 4 is 11.7 Å². The number of rotatable bonds is 2. The minimum atomic E-state index is -0.512. The van der Waals surface area contributed by atoms with Crippen LogP contribution in [0.2, 0.25) is 0 Å². The van der Waals surface area contributed by atoms with Crippen LogP contribution in [0, 0.1) is 0 Å². The van der Waals surface area contributed by atoms with Gasteiger partial charge in [-0.05, 0) is 42.5 Å². The van der Waals surface area contributed by atoms with E-state index in [2.05, 4.69) is 11.4 Å². The van der Waals surface area contributed by atoms with Gasteiger partial charge in [-0.25, -0.2) is 4.79 Å². The number of carbonyl (C=O) groups is 1. The van der Waals surface area contributed by atoms with Gasteiger partial charge in [-0.2, -0.15) is 0 Å². The third-order valence-electron chi connectivity index (χ3n) is 6.10. The fourth-order valence-corrected chi connectivity index (χ4v) is 4.75. The number of carbonyl (C=O) groups excluding carboxylic acids is 1. The average Bonchev–Trinajstić information content (AvgIpc) is 3.32. The number of nitrogens with one attached hydrogen (secondary N) is 1. The fourth-order valence-electron chi connectivity index (χ4n) is 4.75. The molecule has 1 amide bonds. The van der Waals surface area contributed by atoms with Crippen LogP contribution in [0.25, 0.3) is 5.57 Å². The van der Waals surface area contributed by atoms with Crippen LogP contribution in [0.1, 0.15) is 44.1 Å². The molecule has 3 atom stereocenters. The number of hydrogen-bond donors (Lipinski definition) is 1. The van der Waals surface area contributed by atoms with E-state index in [0.29, 0.717) is 5.75 Å². The Morgan fingerprint density at radius 3 is 2.79 bits per heavy atom. The van der Waals surface area contributed by atoms with E-state index in [1.807, 2.05) is 18.2 Å². The quantitative estimate of drug-likeness (QED) is 0.839. The molecular formula is C21H25NO6. The van der Waals surface area contributed by atoms with E-state index in [0.717, 1.165) is 49.0 Å². The molecule has 4 aliphatic rings. The molecular weight excluding hydrogens is 362 g/mol. The SMILES string of the molecule is COC(=O)N[C@@H]1C(c2ccc3c(c2)OCO3)=CC[C@H]2OC3(CCCCC3)O[C@@H]12. The zero-order valence-corrected chi connectivity index (χ0v) is 15.9. The van der Waals surface area contributed by atoms with Crippen molar-refractivity contribution in [2.75, 3.05) is 13.9 Å². The molecule has 1 saturated carbocycles. The Hall–Kier alpha value is -2.25. The summed E-state index contributed by atoms with van der Waals surface area (Å²) < 4.78 is 28.7. The lowest BCUT2D eigenvalue weighted by atomic mass is 9.85. The molecule has 7 heteroatoms. The minimum Gasteiger partial charge on any atom is -0.454 e. The van der Waals surface area contributed by atoms with E-state index in [1.165, 1.54) is 13.5 Å². The number of hydrogen-bond acceptors (Lipinski definition) is 6. The maximum absolute atomic E-state index is 12.1. The van der Waals surface area contributed by atoms with E-state index in [-0.39, 0.29) is 25.0 Å². The summed E-state index contributed by atoms with van der Waals surface area (Å²) in [5.41, 5.74) is 1.96. The van der Waals surface area contributed by atoms with Gasteiger partial charge in [0.25, 0.3) is 0 Å². The van der Waals surface area contributed by atoms with Gasteiger partial charge in [0.1, 0.15) is 6.10 Å². The van der Waals surface area contributed by atoms with E-state index in [1.54, 1.807) is 0 Å². The van der Waals surface area contributed by atoms with Crippen molar-refractivity contribution in [2.24, 2.45) is 0 Å². The molecule has 0 bridgehead atoms. The molecule has 1 N–H and O–H groups in total. The number of fused-ring (bicyclic) bond motifs is 2. The van der Waals surface area contributed by atoms with Crippen LogP contribution >= 0.6 is 0 Å².